The molecular weight excluding hydrogens is 302 g/mol. The maximum atomic E-state index is 12.4. The van der Waals surface area contributed by atoms with E-state index in [1.165, 1.54) is 16.7 Å². The van der Waals surface area contributed by atoms with Gasteiger partial charge in [0.05, 0.1) is 4.90 Å². The number of carbonyl (C=O) groups is 1. The summed E-state index contributed by atoms with van der Waals surface area (Å²) in [5.74, 6) is -0.570. The summed E-state index contributed by atoms with van der Waals surface area (Å²) in [6, 6.07) is 9.85. The van der Waals surface area contributed by atoms with Gasteiger partial charge in [0.2, 0.25) is 5.91 Å². The molecule has 0 atom stereocenters. The number of pyridine rings is 1. The molecule has 2 N–H and O–H groups in total. The van der Waals surface area contributed by atoms with E-state index < -0.39 is 15.9 Å². The molecule has 0 aliphatic carbocycles. The first-order valence-electron chi connectivity index (χ1n) is 6.61. The van der Waals surface area contributed by atoms with Gasteiger partial charge in [0.1, 0.15) is 12.0 Å². The maximum absolute atomic E-state index is 12.4. The molecule has 1 aromatic heterocycles. The zero-order valence-electron chi connectivity index (χ0n) is 12.4. The molecule has 2 aromatic rings. The summed E-state index contributed by atoms with van der Waals surface area (Å²) in [5, 5.41) is 0. The average Bonchev–Trinajstić information content (AvgIpc) is 2.42. The fraction of sp³-hybridized carbons (Fsp3) is 0.200. The second-order valence-electron chi connectivity index (χ2n) is 4.99. The van der Waals surface area contributed by atoms with Crippen molar-refractivity contribution in [3.05, 3.63) is 59.2 Å². The number of primary amides is 1. The normalized spacial score (nSPS) is 12.4. The first kappa shape index (κ1) is 16.0. The monoisotopic (exact) mass is 319 g/mol. The lowest BCUT2D eigenvalue weighted by Gasteiger charge is -2.07. The van der Waals surface area contributed by atoms with E-state index >= 15 is 0 Å². The van der Waals surface area contributed by atoms with E-state index in [1.807, 2.05) is 6.92 Å². The minimum atomic E-state index is -3.86. The number of rotatable bonds is 4. The van der Waals surface area contributed by atoms with Gasteiger partial charge in [0.25, 0.3) is 10.0 Å². The molecule has 0 fully saturated rings. The Balaban J connectivity index is 2.61. The Morgan fingerprint density at radius 2 is 1.82 bits per heavy atom. The Bertz CT molecular complexity index is 866. The molecule has 0 unspecified atom stereocenters. The maximum Gasteiger partial charge on any atom is 0.284 e. The number of aromatic nitrogens is 1. The third-order valence-electron chi connectivity index (χ3n) is 3.09. The Morgan fingerprint density at radius 1 is 1.18 bits per heavy atom. The lowest BCUT2D eigenvalue weighted by atomic mass is 10.2. The number of benzene rings is 1. The molecular formula is C15H17N3O3S. The molecule has 6 nitrogen and oxygen atoms in total. The molecule has 0 radical (unpaired) electrons. The zero-order chi connectivity index (χ0) is 16.3. The van der Waals surface area contributed by atoms with Gasteiger partial charge >= 0.3 is 0 Å². The van der Waals surface area contributed by atoms with E-state index in [1.54, 1.807) is 37.4 Å². The summed E-state index contributed by atoms with van der Waals surface area (Å²) < 4.78 is 30.1. The quantitative estimate of drug-likeness (QED) is 0.906. The van der Waals surface area contributed by atoms with Crippen molar-refractivity contribution in [2.75, 3.05) is 0 Å². The number of sulfonamides is 1. The van der Waals surface area contributed by atoms with Crippen molar-refractivity contribution in [3.63, 3.8) is 0 Å². The number of aryl methyl sites for hydroxylation is 2. The van der Waals surface area contributed by atoms with Gasteiger partial charge in [-0.1, -0.05) is 23.8 Å². The summed E-state index contributed by atoms with van der Waals surface area (Å²) in [7, 11) is -3.86. The molecule has 0 spiro atoms. The number of amides is 1. The van der Waals surface area contributed by atoms with Crippen LogP contribution < -0.4 is 11.2 Å². The second kappa shape index (κ2) is 6.15. The van der Waals surface area contributed by atoms with Crippen molar-refractivity contribution >= 4 is 15.9 Å². The second-order valence-corrected chi connectivity index (χ2v) is 6.59. The number of hydrogen-bond donors (Lipinski definition) is 1. The molecule has 22 heavy (non-hydrogen) atoms. The van der Waals surface area contributed by atoms with Crippen LogP contribution in [0.15, 0.2) is 51.9 Å². The molecule has 0 aliphatic rings. The predicted molar refractivity (Wildman–Crippen MR) is 82.3 cm³/mol. The molecule has 1 aromatic carbocycles. The highest BCUT2D eigenvalue weighted by Gasteiger charge is 2.13. The highest BCUT2D eigenvalue weighted by atomic mass is 32.2. The number of hydrogen-bond acceptors (Lipinski definition) is 3. The molecule has 116 valence electrons. The Labute approximate surface area is 129 Å². The van der Waals surface area contributed by atoms with Gasteiger partial charge in [-0.2, -0.15) is 8.42 Å². The van der Waals surface area contributed by atoms with Crippen LogP contribution in [0.3, 0.4) is 0 Å². The van der Waals surface area contributed by atoms with Crippen LogP contribution in [0, 0.1) is 13.8 Å². The Morgan fingerprint density at radius 3 is 2.41 bits per heavy atom. The fourth-order valence-corrected chi connectivity index (χ4v) is 3.02. The van der Waals surface area contributed by atoms with Gasteiger partial charge in [0.15, 0.2) is 0 Å². The lowest BCUT2D eigenvalue weighted by Crippen LogP contribution is -2.30. The van der Waals surface area contributed by atoms with E-state index in [9.17, 15) is 13.2 Å². The highest BCUT2D eigenvalue weighted by Crippen LogP contribution is 2.12. The largest absolute Gasteiger partial charge is 0.368 e. The van der Waals surface area contributed by atoms with E-state index in [-0.39, 0.29) is 16.9 Å². The number of carbonyl (C=O) groups excluding carboxylic acids is 1. The van der Waals surface area contributed by atoms with Gasteiger partial charge in [-0.3, -0.25) is 4.79 Å². The van der Waals surface area contributed by atoms with Crippen LogP contribution in [0.5, 0.6) is 0 Å². The van der Waals surface area contributed by atoms with E-state index in [2.05, 4.69) is 4.40 Å². The summed E-state index contributed by atoms with van der Waals surface area (Å²) in [6.45, 7) is 3.46. The lowest BCUT2D eigenvalue weighted by molar-refractivity contribution is -0.118. The zero-order valence-corrected chi connectivity index (χ0v) is 13.2. The standard InChI is InChI=1S/C15H17N3O3S/c1-11-5-7-13(8-6-11)22(20,21)17-15-12(2)4-3-9-18(15)10-14(16)19/h3-9H,10H2,1-2H3,(H2,16,19). The van der Waals surface area contributed by atoms with Gasteiger partial charge < -0.3 is 10.3 Å². The van der Waals surface area contributed by atoms with Crippen LogP contribution in [0.2, 0.25) is 0 Å². The van der Waals surface area contributed by atoms with Crippen molar-refractivity contribution in [1.29, 1.82) is 0 Å². The molecule has 1 amide bonds. The SMILES string of the molecule is Cc1ccc(S(=O)(=O)N=c2c(C)cccn2CC(N)=O)cc1. The van der Waals surface area contributed by atoms with Gasteiger partial charge in [0, 0.05) is 6.20 Å². The van der Waals surface area contributed by atoms with Crippen molar-refractivity contribution < 1.29 is 13.2 Å². The van der Waals surface area contributed by atoms with Crippen LogP contribution in [-0.4, -0.2) is 18.9 Å². The topological polar surface area (TPSA) is 94.5 Å². The smallest absolute Gasteiger partial charge is 0.284 e. The third kappa shape index (κ3) is 3.62. The molecule has 0 aliphatic heterocycles. The third-order valence-corrected chi connectivity index (χ3v) is 4.37. The first-order valence-corrected chi connectivity index (χ1v) is 8.05. The fourth-order valence-electron chi connectivity index (χ4n) is 1.96. The Kier molecular flexibility index (Phi) is 4.46. The summed E-state index contributed by atoms with van der Waals surface area (Å²) in [6.07, 6.45) is 1.57. The van der Waals surface area contributed by atoms with E-state index in [0.717, 1.165) is 5.56 Å². The first-order chi connectivity index (χ1) is 10.3. The summed E-state index contributed by atoms with van der Waals surface area (Å²) >= 11 is 0. The predicted octanol–water partition coefficient (Wildman–Crippen LogP) is 0.880. The molecule has 0 saturated heterocycles. The van der Waals surface area contributed by atoms with Crippen molar-refractivity contribution in [1.82, 2.24) is 4.57 Å². The average molecular weight is 319 g/mol. The number of nitrogens with zero attached hydrogens (tertiary/aromatic N) is 2. The van der Waals surface area contributed by atoms with Crippen molar-refractivity contribution in [2.45, 2.75) is 25.3 Å². The van der Waals surface area contributed by atoms with Crippen LogP contribution in [-0.2, 0) is 21.4 Å². The molecule has 2 rings (SSSR count). The van der Waals surface area contributed by atoms with Crippen molar-refractivity contribution in [2.24, 2.45) is 10.1 Å². The molecule has 0 bridgehead atoms. The van der Waals surface area contributed by atoms with Gasteiger partial charge in [-0.25, -0.2) is 0 Å². The van der Waals surface area contributed by atoms with Gasteiger partial charge in [-0.05, 0) is 37.6 Å². The van der Waals surface area contributed by atoms with Crippen LogP contribution in [0.4, 0.5) is 0 Å². The molecule has 7 heteroatoms. The number of nitrogens with two attached hydrogens (primary N) is 1. The van der Waals surface area contributed by atoms with Crippen LogP contribution >= 0.6 is 0 Å². The minimum Gasteiger partial charge on any atom is -0.368 e. The molecule has 1 heterocycles. The van der Waals surface area contributed by atoms with Crippen LogP contribution in [0.1, 0.15) is 11.1 Å². The molecule has 0 saturated carbocycles. The minimum absolute atomic E-state index is 0.104. The summed E-state index contributed by atoms with van der Waals surface area (Å²) in [5.41, 5.74) is 6.98. The highest BCUT2D eigenvalue weighted by molar-refractivity contribution is 7.90. The van der Waals surface area contributed by atoms with E-state index in [0.29, 0.717) is 5.56 Å². The summed E-state index contributed by atoms with van der Waals surface area (Å²) in [4.78, 5) is 11.2. The van der Waals surface area contributed by atoms with E-state index in [4.69, 9.17) is 5.73 Å². The van der Waals surface area contributed by atoms with Crippen molar-refractivity contribution in [3.8, 4) is 0 Å². The Hall–Kier alpha value is -2.41. The van der Waals surface area contributed by atoms with Gasteiger partial charge in [-0.15, -0.1) is 4.40 Å². The van der Waals surface area contributed by atoms with Crippen LogP contribution in [0.25, 0.3) is 0 Å².